The molecule has 1 N–H and O–H groups in total. The molecule has 0 bridgehead atoms. The lowest BCUT2D eigenvalue weighted by Crippen LogP contribution is -2.52. The molecular weight excluding hydrogens is 330 g/mol. The van der Waals surface area contributed by atoms with Crippen LogP contribution in [0.5, 0.6) is 0 Å². The number of carbonyl (C=O) groups is 2. The monoisotopic (exact) mass is 353 g/mol. The maximum Gasteiger partial charge on any atom is 0.319 e. The number of aliphatic hydroxyl groups excluding tert-OH is 1. The first kappa shape index (κ1) is 18.1. The summed E-state index contributed by atoms with van der Waals surface area (Å²) in [4.78, 5) is 27.0. The molecule has 3 atom stereocenters. The van der Waals surface area contributed by atoms with Gasteiger partial charge >= 0.3 is 5.97 Å². The van der Waals surface area contributed by atoms with Gasteiger partial charge in [0.25, 0.3) is 0 Å². The zero-order valence-corrected chi connectivity index (χ0v) is 14.7. The van der Waals surface area contributed by atoms with Gasteiger partial charge in [-0.3, -0.25) is 9.59 Å². The third kappa shape index (κ3) is 3.78. The molecule has 1 fully saturated rings. The first-order valence-electron chi connectivity index (χ1n) is 8.86. The van der Waals surface area contributed by atoms with Gasteiger partial charge in [-0.25, -0.2) is 0 Å². The van der Waals surface area contributed by atoms with Crippen molar-refractivity contribution in [3.8, 4) is 0 Å². The van der Waals surface area contributed by atoms with Crippen LogP contribution in [0, 0.1) is 5.92 Å². The summed E-state index contributed by atoms with van der Waals surface area (Å²) in [6.07, 6.45) is -0.648. The Morgan fingerprint density at radius 1 is 1.12 bits per heavy atom. The van der Waals surface area contributed by atoms with E-state index in [1.807, 2.05) is 60.7 Å². The van der Waals surface area contributed by atoms with Gasteiger partial charge in [0.15, 0.2) is 0 Å². The van der Waals surface area contributed by atoms with Crippen molar-refractivity contribution in [2.45, 2.75) is 32.0 Å². The van der Waals surface area contributed by atoms with Gasteiger partial charge in [0.05, 0.1) is 6.61 Å². The summed E-state index contributed by atoms with van der Waals surface area (Å²) in [5.41, 5.74) is 1.76. The number of hydrogen-bond donors (Lipinski definition) is 1. The SMILES string of the molecule is CCOC(=O)[C@@H]1C(=O)N(Cc2ccccc2)[C@H](O)C[C@H]1c1ccccc1. The third-order valence-corrected chi connectivity index (χ3v) is 4.74. The molecule has 3 rings (SSSR count). The lowest BCUT2D eigenvalue weighted by atomic mass is 9.79. The van der Waals surface area contributed by atoms with Gasteiger partial charge in [0.2, 0.25) is 5.91 Å². The fraction of sp³-hybridized carbons (Fsp3) is 0.333. The Hall–Kier alpha value is -2.66. The Labute approximate surface area is 153 Å². The average Bonchev–Trinajstić information content (AvgIpc) is 2.66. The highest BCUT2D eigenvalue weighted by Crippen LogP contribution is 2.37. The Bertz CT molecular complexity index is 747. The minimum Gasteiger partial charge on any atom is -0.465 e. The molecule has 2 aromatic rings. The van der Waals surface area contributed by atoms with Crippen molar-refractivity contribution < 1.29 is 19.4 Å². The van der Waals surface area contributed by atoms with Gasteiger partial charge in [0, 0.05) is 18.9 Å². The van der Waals surface area contributed by atoms with E-state index in [1.165, 1.54) is 4.90 Å². The molecule has 0 aliphatic carbocycles. The van der Waals surface area contributed by atoms with Crippen LogP contribution in [0.2, 0.25) is 0 Å². The molecule has 5 heteroatoms. The van der Waals surface area contributed by atoms with E-state index >= 15 is 0 Å². The van der Waals surface area contributed by atoms with Crippen LogP contribution in [0.4, 0.5) is 0 Å². The summed E-state index contributed by atoms with van der Waals surface area (Å²) >= 11 is 0. The maximum atomic E-state index is 13.1. The molecule has 1 amide bonds. The Kier molecular flexibility index (Phi) is 5.68. The summed E-state index contributed by atoms with van der Waals surface area (Å²) in [7, 11) is 0. The van der Waals surface area contributed by atoms with E-state index in [0.717, 1.165) is 11.1 Å². The minimum atomic E-state index is -0.946. The van der Waals surface area contributed by atoms with Crippen LogP contribution < -0.4 is 0 Å². The van der Waals surface area contributed by atoms with Crippen LogP contribution in [-0.2, 0) is 20.9 Å². The predicted octanol–water partition coefficient (Wildman–Crippen LogP) is 2.70. The van der Waals surface area contributed by atoms with Crippen molar-refractivity contribution in [1.82, 2.24) is 4.90 Å². The number of esters is 1. The van der Waals surface area contributed by atoms with Crippen LogP contribution in [-0.4, -0.2) is 34.7 Å². The van der Waals surface area contributed by atoms with E-state index in [4.69, 9.17) is 4.74 Å². The summed E-state index contributed by atoms with van der Waals surface area (Å²) in [6.45, 7) is 2.20. The average molecular weight is 353 g/mol. The highest BCUT2D eigenvalue weighted by molar-refractivity contribution is 5.99. The third-order valence-electron chi connectivity index (χ3n) is 4.74. The van der Waals surface area contributed by atoms with Crippen molar-refractivity contribution in [3.05, 3.63) is 71.8 Å². The molecule has 0 aromatic heterocycles. The Balaban J connectivity index is 1.90. The molecular formula is C21H23NO4. The number of rotatable bonds is 5. The van der Waals surface area contributed by atoms with Crippen LogP contribution in [0.1, 0.15) is 30.4 Å². The zero-order chi connectivity index (χ0) is 18.5. The summed E-state index contributed by atoms with van der Waals surface area (Å²) in [5.74, 6) is -2.26. The number of carbonyl (C=O) groups excluding carboxylic acids is 2. The molecule has 0 saturated carbocycles. The normalized spacial score (nSPS) is 22.9. The van der Waals surface area contributed by atoms with Crippen molar-refractivity contribution in [3.63, 3.8) is 0 Å². The van der Waals surface area contributed by atoms with E-state index in [9.17, 15) is 14.7 Å². The highest BCUT2D eigenvalue weighted by Gasteiger charge is 2.46. The van der Waals surface area contributed by atoms with Crippen molar-refractivity contribution in [2.24, 2.45) is 5.92 Å². The van der Waals surface area contributed by atoms with Crippen molar-refractivity contribution in [1.29, 1.82) is 0 Å². The van der Waals surface area contributed by atoms with Crippen molar-refractivity contribution in [2.75, 3.05) is 6.61 Å². The Morgan fingerprint density at radius 2 is 1.73 bits per heavy atom. The van der Waals surface area contributed by atoms with Gasteiger partial charge in [-0.05, 0) is 18.1 Å². The topological polar surface area (TPSA) is 66.8 Å². The van der Waals surface area contributed by atoms with E-state index in [1.54, 1.807) is 6.92 Å². The smallest absolute Gasteiger partial charge is 0.319 e. The van der Waals surface area contributed by atoms with E-state index < -0.39 is 24.0 Å². The first-order valence-corrected chi connectivity index (χ1v) is 8.86. The number of benzene rings is 2. The molecule has 1 saturated heterocycles. The molecule has 0 radical (unpaired) electrons. The Morgan fingerprint density at radius 3 is 2.35 bits per heavy atom. The van der Waals surface area contributed by atoms with Crippen LogP contribution in [0.3, 0.4) is 0 Å². The van der Waals surface area contributed by atoms with Crippen molar-refractivity contribution >= 4 is 11.9 Å². The fourth-order valence-electron chi connectivity index (χ4n) is 3.48. The van der Waals surface area contributed by atoms with E-state index in [0.29, 0.717) is 6.42 Å². The molecule has 1 heterocycles. The molecule has 1 aliphatic rings. The second kappa shape index (κ2) is 8.15. The lowest BCUT2D eigenvalue weighted by Gasteiger charge is -2.40. The molecule has 0 spiro atoms. The van der Waals surface area contributed by atoms with E-state index in [2.05, 4.69) is 0 Å². The number of nitrogens with zero attached hydrogens (tertiary/aromatic N) is 1. The number of ether oxygens (including phenoxy) is 1. The van der Waals surface area contributed by atoms with Gasteiger partial charge < -0.3 is 14.7 Å². The molecule has 26 heavy (non-hydrogen) atoms. The largest absolute Gasteiger partial charge is 0.465 e. The number of aliphatic hydroxyl groups is 1. The number of likely N-dealkylation sites (tertiary alicyclic amines) is 1. The van der Waals surface area contributed by atoms with Gasteiger partial charge in [-0.2, -0.15) is 0 Å². The first-order chi connectivity index (χ1) is 12.6. The van der Waals surface area contributed by atoms with Crippen LogP contribution in [0.25, 0.3) is 0 Å². The zero-order valence-electron chi connectivity index (χ0n) is 14.7. The number of piperidine rings is 1. The summed E-state index contributed by atoms with van der Waals surface area (Å²) < 4.78 is 5.17. The highest BCUT2D eigenvalue weighted by atomic mass is 16.5. The second-order valence-corrected chi connectivity index (χ2v) is 6.41. The van der Waals surface area contributed by atoms with Gasteiger partial charge in [-0.1, -0.05) is 60.7 Å². The quantitative estimate of drug-likeness (QED) is 0.663. The van der Waals surface area contributed by atoms with Gasteiger partial charge in [0.1, 0.15) is 12.1 Å². The second-order valence-electron chi connectivity index (χ2n) is 6.41. The van der Waals surface area contributed by atoms with E-state index in [-0.39, 0.29) is 19.1 Å². The summed E-state index contributed by atoms with van der Waals surface area (Å²) in [6, 6.07) is 18.8. The molecule has 2 aromatic carbocycles. The number of amides is 1. The lowest BCUT2D eigenvalue weighted by molar-refractivity contribution is -0.168. The molecule has 5 nitrogen and oxygen atoms in total. The molecule has 1 aliphatic heterocycles. The molecule has 136 valence electrons. The minimum absolute atomic E-state index is 0.214. The van der Waals surface area contributed by atoms with Crippen LogP contribution in [0.15, 0.2) is 60.7 Å². The number of hydrogen-bond acceptors (Lipinski definition) is 4. The van der Waals surface area contributed by atoms with Gasteiger partial charge in [-0.15, -0.1) is 0 Å². The fourth-order valence-corrected chi connectivity index (χ4v) is 3.48. The molecule has 0 unspecified atom stereocenters. The standard InChI is InChI=1S/C21H23NO4/c1-2-26-21(25)19-17(16-11-7-4-8-12-16)13-18(23)22(20(19)24)14-15-9-5-3-6-10-15/h3-12,17-19,23H,2,13-14H2,1H3/t17-,18+,19-/m0/s1. The maximum absolute atomic E-state index is 13.1. The summed E-state index contributed by atoms with van der Waals surface area (Å²) in [5, 5.41) is 10.6. The van der Waals surface area contributed by atoms with Crippen LogP contribution >= 0.6 is 0 Å². The predicted molar refractivity (Wildman–Crippen MR) is 96.9 cm³/mol.